The lowest BCUT2D eigenvalue weighted by molar-refractivity contribution is -0.538. The lowest BCUT2D eigenvalue weighted by Crippen LogP contribution is -2.35. The molecule has 0 fully saturated rings. The zero-order chi connectivity index (χ0) is 40.1. The summed E-state index contributed by atoms with van der Waals surface area (Å²) in [4.78, 5) is 10.1. The quantitative estimate of drug-likeness (QED) is 0.0324. The van der Waals surface area contributed by atoms with Crippen LogP contribution in [0.5, 0.6) is 0 Å². The van der Waals surface area contributed by atoms with Crippen molar-refractivity contribution in [2.75, 3.05) is 22.5 Å². The van der Waals surface area contributed by atoms with Crippen LogP contribution in [-0.4, -0.2) is 10.7 Å². The number of aliphatic imine (C=N–C) groups is 1. The Morgan fingerprint density at radius 2 is 1.25 bits per heavy atom. The van der Waals surface area contributed by atoms with E-state index in [1.54, 1.807) is 0 Å². The van der Waals surface area contributed by atoms with Gasteiger partial charge in [-0.05, 0) is 117 Å². The van der Waals surface area contributed by atoms with Gasteiger partial charge >= 0.3 is 0 Å². The molecule has 7 rings (SSSR count). The minimum Gasteiger partial charge on any atom is -0.399 e. The molecule has 1 aromatic heterocycles. The number of nitrogen functional groups attached to an aromatic ring is 3. The van der Waals surface area contributed by atoms with Crippen LogP contribution in [0.3, 0.4) is 0 Å². The van der Waals surface area contributed by atoms with E-state index in [4.69, 9.17) is 32.9 Å². The van der Waals surface area contributed by atoms with Crippen molar-refractivity contribution < 1.29 is 4.57 Å². The maximum atomic E-state index is 6.50. The van der Waals surface area contributed by atoms with E-state index in [1.165, 1.54) is 36.8 Å². The van der Waals surface area contributed by atoms with Crippen molar-refractivity contribution in [3.63, 3.8) is 0 Å². The highest BCUT2D eigenvalue weighted by Gasteiger charge is 2.24. The minimum atomic E-state index is 0.712. The molecule has 0 radical (unpaired) electrons. The first-order chi connectivity index (χ1) is 27.6. The fraction of sp³-hybridized carbons (Fsp3) is 0.286. The van der Waals surface area contributed by atoms with Crippen LogP contribution in [0.15, 0.2) is 113 Å². The highest BCUT2D eigenvalue weighted by molar-refractivity contribution is 6.01. The molecule has 0 bridgehead atoms. The van der Waals surface area contributed by atoms with Gasteiger partial charge in [-0.2, -0.15) is 0 Å². The summed E-state index contributed by atoms with van der Waals surface area (Å²) in [6.07, 6.45) is 14.7. The topological polar surface area (TPSA) is 145 Å². The van der Waals surface area contributed by atoms with Gasteiger partial charge in [-0.3, -0.25) is 4.99 Å². The second kappa shape index (κ2) is 17.3. The van der Waals surface area contributed by atoms with Gasteiger partial charge in [0.05, 0.1) is 11.4 Å². The number of aryl methyl sites for hydroxylation is 5. The molecule has 57 heavy (non-hydrogen) atoms. The number of hydrogen-bond donors (Lipinski definition) is 5. The zero-order valence-electron chi connectivity index (χ0n) is 34.0. The van der Waals surface area contributed by atoms with Gasteiger partial charge in [-0.1, -0.05) is 75.1 Å². The molecule has 8 nitrogen and oxygen atoms in total. The van der Waals surface area contributed by atoms with Gasteiger partial charge in [0, 0.05) is 64.3 Å². The smallest absolute Gasteiger partial charge is 0.239 e. The third-order valence-electron chi connectivity index (χ3n) is 11.4. The van der Waals surface area contributed by atoms with Crippen LogP contribution in [0.25, 0.3) is 27.8 Å². The Morgan fingerprint density at radius 1 is 0.649 bits per heavy atom. The van der Waals surface area contributed by atoms with Crippen molar-refractivity contribution in [1.29, 1.82) is 0 Å². The van der Waals surface area contributed by atoms with E-state index in [1.807, 2.05) is 32.9 Å². The van der Waals surface area contributed by atoms with Gasteiger partial charge in [0.15, 0.2) is 0 Å². The summed E-state index contributed by atoms with van der Waals surface area (Å²) >= 11 is 0. The molecule has 6 aromatic rings. The highest BCUT2D eigenvalue weighted by atomic mass is 15.0. The van der Waals surface area contributed by atoms with Gasteiger partial charge in [0.25, 0.3) is 0 Å². The number of benzene rings is 5. The Labute approximate surface area is 337 Å². The van der Waals surface area contributed by atoms with E-state index >= 15 is 0 Å². The molecule has 1 heterocycles. The predicted octanol–water partition coefficient (Wildman–Crippen LogP) is 10.7. The molecule has 0 amide bonds. The Hall–Kier alpha value is -6.15. The molecular weight excluding hydrogens is 701 g/mol. The van der Waals surface area contributed by atoms with Gasteiger partial charge in [0.2, 0.25) is 16.7 Å². The zero-order valence-corrected chi connectivity index (χ0v) is 34.0. The van der Waals surface area contributed by atoms with Crippen molar-refractivity contribution in [2.24, 2.45) is 10.7 Å². The summed E-state index contributed by atoms with van der Waals surface area (Å²) in [6, 6.07) is 29.7. The van der Waals surface area contributed by atoms with Crippen molar-refractivity contribution in [1.82, 2.24) is 4.98 Å². The molecule has 0 unspecified atom stereocenters. The van der Waals surface area contributed by atoms with Crippen molar-refractivity contribution in [3.05, 3.63) is 136 Å². The second-order valence-electron chi connectivity index (χ2n) is 15.6. The van der Waals surface area contributed by atoms with Crippen LogP contribution in [0, 0.1) is 13.8 Å². The number of nitrogens with zero attached hydrogens (tertiary/aromatic N) is 3. The molecular formula is C49H57N8+. The average Bonchev–Trinajstić information content (AvgIpc) is 3.19. The fourth-order valence-electron chi connectivity index (χ4n) is 7.88. The molecule has 292 valence electrons. The van der Waals surface area contributed by atoms with Gasteiger partial charge in [-0.15, -0.1) is 4.57 Å². The summed E-state index contributed by atoms with van der Waals surface area (Å²) < 4.78 is 2.30. The van der Waals surface area contributed by atoms with E-state index in [-0.39, 0.29) is 0 Å². The molecule has 8 heteroatoms. The van der Waals surface area contributed by atoms with Gasteiger partial charge in [0.1, 0.15) is 11.0 Å². The van der Waals surface area contributed by atoms with Crippen molar-refractivity contribution in [2.45, 2.75) is 91.9 Å². The molecule has 0 atom stereocenters. The van der Waals surface area contributed by atoms with Crippen LogP contribution >= 0.6 is 0 Å². The minimum absolute atomic E-state index is 0.712. The fourth-order valence-corrected chi connectivity index (χ4v) is 7.88. The Morgan fingerprint density at radius 3 is 1.89 bits per heavy atom. The Bertz CT molecular complexity index is 2480. The van der Waals surface area contributed by atoms with E-state index in [0.29, 0.717) is 6.42 Å². The summed E-state index contributed by atoms with van der Waals surface area (Å²) in [5.74, 6) is 0. The summed E-state index contributed by atoms with van der Waals surface area (Å²) in [5.41, 5.74) is 44.3. The Kier molecular flexibility index (Phi) is 11.9. The first-order valence-corrected chi connectivity index (χ1v) is 20.5. The predicted molar refractivity (Wildman–Crippen MR) is 242 cm³/mol. The molecule has 0 aliphatic heterocycles. The monoisotopic (exact) mass is 757 g/mol. The van der Waals surface area contributed by atoms with Crippen LogP contribution < -0.4 is 32.8 Å². The van der Waals surface area contributed by atoms with Crippen molar-refractivity contribution >= 4 is 61.9 Å². The van der Waals surface area contributed by atoms with Crippen LogP contribution in [0.2, 0.25) is 0 Å². The molecule has 1 aliphatic carbocycles. The molecule has 0 saturated heterocycles. The lowest BCUT2D eigenvalue weighted by Gasteiger charge is -2.17. The summed E-state index contributed by atoms with van der Waals surface area (Å²) in [7, 11) is 0. The van der Waals surface area contributed by atoms with E-state index in [2.05, 4.69) is 102 Å². The number of nitrogens with two attached hydrogens (primary N) is 4. The number of aromatic nitrogens is 2. The third-order valence-corrected chi connectivity index (χ3v) is 11.4. The molecule has 9 N–H and O–H groups in total. The number of allylic oxidation sites excluding steroid dienone is 3. The normalized spacial score (nSPS) is 13.6. The number of unbranched alkanes of at least 4 members (excludes halogenated alkanes) is 5. The van der Waals surface area contributed by atoms with Crippen LogP contribution in [0.4, 0.5) is 34.1 Å². The Balaban J connectivity index is 0.976. The standard InChI is InChI=1S/C49H56N8/c1-5-34-27-43(54-37-22-23-38(50)31(2)24-37)44(28-41(34)53)55-42-20-14-12-17-35(42)16-10-8-6-7-9-11-18-36-19-13-15-21-47(36)57-48-29-39(51)32(3)25-45(48)56-46-26-33(4)40(52)30-49(46)57/h12-15,17,19-21,23-30,55H,5-11,16,18,22,50,53H2,1-4H3,(H3,51,52)/p+1. The molecule has 1 aliphatic rings. The first-order valence-electron chi connectivity index (χ1n) is 20.5. The molecule has 0 saturated carbocycles. The molecule has 0 spiro atoms. The second-order valence-corrected chi connectivity index (χ2v) is 15.6. The largest absolute Gasteiger partial charge is 0.399 e. The SMILES string of the molecule is CCc1cc(N=C2C=C(C)C(N)=CC2)c(Nc2ccccc2CCCCCCCCc2ccccc2-[n+]2c3cc(N)c(C)cc3nc3cc(C)c(N)cc32)cc1N. The summed E-state index contributed by atoms with van der Waals surface area (Å²) in [6.45, 7) is 8.22. The van der Waals surface area contributed by atoms with Gasteiger partial charge < -0.3 is 28.3 Å². The van der Waals surface area contributed by atoms with E-state index < -0.39 is 0 Å². The number of hydrogen-bond acceptors (Lipinski definition) is 7. The average molecular weight is 758 g/mol. The van der Waals surface area contributed by atoms with Crippen molar-refractivity contribution in [3.8, 4) is 5.69 Å². The first kappa shape index (κ1) is 39.1. The van der Waals surface area contributed by atoms with Crippen LogP contribution in [-0.2, 0) is 19.3 Å². The maximum absolute atomic E-state index is 6.50. The van der Waals surface area contributed by atoms with Gasteiger partial charge in [-0.25, -0.2) is 4.98 Å². The van der Waals surface area contributed by atoms with E-state index in [9.17, 15) is 0 Å². The number of anilines is 5. The lowest BCUT2D eigenvalue weighted by atomic mass is 10.0. The summed E-state index contributed by atoms with van der Waals surface area (Å²) in [5, 5.41) is 3.71. The highest BCUT2D eigenvalue weighted by Crippen LogP contribution is 2.35. The number of para-hydroxylation sites is 2. The third kappa shape index (κ3) is 8.81. The van der Waals surface area contributed by atoms with E-state index in [0.717, 1.165) is 128 Å². The molecule has 5 aromatic carbocycles. The van der Waals surface area contributed by atoms with Crippen LogP contribution in [0.1, 0.15) is 86.6 Å². The number of fused-ring (bicyclic) bond motifs is 2. The maximum Gasteiger partial charge on any atom is 0.239 e. The number of nitrogens with one attached hydrogen (secondary N) is 1. The number of rotatable bonds is 14.